The molecule has 0 aliphatic heterocycles. The van der Waals surface area contributed by atoms with Gasteiger partial charge in [0.1, 0.15) is 0 Å². The lowest BCUT2D eigenvalue weighted by Crippen LogP contribution is -2.52. The van der Waals surface area contributed by atoms with Crippen molar-refractivity contribution >= 4 is 17.6 Å². The maximum absolute atomic E-state index is 12.0. The van der Waals surface area contributed by atoms with Crippen molar-refractivity contribution in [3.05, 3.63) is 33.8 Å². The Morgan fingerprint density at radius 3 is 2.61 bits per heavy atom. The fourth-order valence-electron chi connectivity index (χ4n) is 5.21. The Morgan fingerprint density at radius 1 is 1.30 bits per heavy atom. The predicted molar refractivity (Wildman–Crippen MR) is 94.3 cm³/mol. The number of carboxylic acids is 1. The number of fused-ring (bicyclic) bond motifs is 3. The molecule has 126 valence electrons. The number of benzene rings is 1. The molecule has 0 radical (unpaired) electrons. The van der Waals surface area contributed by atoms with E-state index >= 15 is 0 Å². The summed E-state index contributed by atoms with van der Waals surface area (Å²) in [6.45, 7) is 8.56. The van der Waals surface area contributed by atoms with Crippen LogP contribution >= 0.6 is 11.6 Å². The van der Waals surface area contributed by atoms with Gasteiger partial charge in [-0.15, -0.1) is 0 Å². The summed E-state index contributed by atoms with van der Waals surface area (Å²) >= 11 is 6.57. The lowest BCUT2D eigenvalue weighted by atomic mass is 9.50. The van der Waals surface area contributed by atoms with E-state index in [9.17, 15) is 9.90 Å². The molecule has 0 heterocycles. The standard InChI is InChI=1S/C20H27ClO2/c1-12(2)14-10-13-6-7-17-19(3,15(13)11-16(14)21)8-5-9-20(17,4)18(22)23/h10-12,17H,5-9H2,1-4H3,(H,22,23)/t17-,19+,20-/m0/s1. The molecule has 23 heavy (non-hydrogen) atoms. The van der Waals surface area contributed by atoms with Crippen LogP contribution in [0, 0.1) is 11.3 Å². The van der Waals surface area contributed by atoms with Gasteiger partial charge in [0, 0.05) is 5.02 Å². The van der Waals surface area contributed by atoms with Crippen LogP contribution in [0.15, 0.2) is 12.1 Å². The quantitative estimate of drug-likeness (QED) is 0.768. The number of halogens is 1. The van der Waals surface area contributed by atoms with Gasteiger partial charge >= 0.3 is 5.97 Å². The SMILES string of the molecule is CC(C)c1cc2c(cc1Cl)[C@@]1(C)CCC[C@](C)(C(=O)O)[C@H]1CC2. The highest BCUT2D eigenvalue weighted by atomic mass is 35.5. The van der Waals surface area contributed by atoms with Crippen molar-refractivity contribution in [2.45, 2.75) is 71.1 Å². The second kappa shape index (κ2) is 5.51. The summed E-state index contributed by atoms with van der Waals surface area (Å²) in [6, 6.07) is 4.42. The van der Waals surface area contributed by atoms with E-state index in [4.69, 9.17) is 11.6 Å². The summed E-state index contributed by atoms with van der Waals surface area (Å²) in [4.78, 5) is 12.0. The fraction of sp³-hybridized carbons (Fsp3) is 0.650. The monoisotopic (exact) mass is 334 g/mol. The van der Waals surface area contributed by atoms with Gasteiger partial charge in [-0.2, -0.15) is 0 Å². The Bertz CT molecular complexity index is 651. The summed E-state index contributed by atoms with van der Waals surface area (Å²) < 4.78 is 0. The van der Waals surface area contributed by atoms with Crippen LogP contribution < -0.4 is 0 Å². The summed E-state index contributed by atoms with van der Waals surface area (Å²) in [7, 11) is 0. The van der Waals surface area contributed by atoms with Crippen LogP contribution in [0.25, 0.3) is 0 Å². The first-order valence-electron chi connectivity index (χ1n) is 8.76. The zero-order valence-electron chi connectivity index (χ0n) is 14.6. The number of aliphatic carboxylic acids is 1. The van der Waals surface area contributed by atoms with Crippen molar-refractivity contribution in [1.82, 2.24) is 0 Å². The highest BCUT2D eigenvalue weighted by Crippen LogP contribution is 2.57. The van der Waals surface area contributed by atoms with Crippen molar-refractivity contribution in [1.29, 1.82) is 0 Å². The molecule has 0 saturated heterocycles. The summed E-state index contributed by atoms with van der Waals surface area (Å²) in [6.07, 6.45) is 4.75. The van der Waals surface area contributed by atoms with Crippen molar-refractivity contribution in [2.75, 3.05) is 0 Å². The molecule has 1 aromatic rings. The van der Waals surface area contributed by atoms with Crippen molar-refractivity contribution in [3.63, 3.8) is 0 Å². The average Bonchev–Trinajstić information content (AvgIpc) is 2.46. The average molecular weight is 335 g/mol. The second-order valence-electron chi connectivity index (χ2n) is 8.27. The van der Waals surface area contributed by atoms with Crippen LogP contribution in [0.3, 0.4) is 0 Å². The molecule has 2 nitrogen and oxygen atoms in total. The molecular formula is C20H27ClO2. The first-order chi connectivity index (χ1) is 10.7. The number of hydrogen-bond acceptors (Lipinski definition) is 1. The van der Waals surface area contributed by atoms with Gasteiger partial charge in [-0.25, -0.2) is 0 Å². The molecule has 0 spiro atoms. The Labute approximate surface area is 144 Å². The lowest BCUT2D eigenvalue weighted by molar-refractivity contribution is -0.157. The van der Waals surface area contributed by atoms with Crippen LogP contribution in [0.1, 0.15) is 76.0 Å². The highest BCUT2D eigenvalue weighted by Gasteiger charge is 2.55. The minimum absolute atomic E-state index is 0.0713. The molecule has 1 aromatic carbocycles. The van der Waals surface area contributed by atoms with E-state index in [1.54, 1.807) is 0 Å². The van der Waals surface area contributed by atoms with Gasteiger partial charge in [0.2, 0.25) is 0 Å². The number of carboxylic acid groups (broad SMARTS) is 1. The molecule has 0 unspecified atom stereocenters. The van der Waals surface area contributed by atoms with E-state index in [2.05, 4.69) is 32.9 Å². The second-order valence-corrected chi connectivity index (χ2v) is 8.68. The van der Waals surface area contributed by atoms with Crippen molar-refractivity contribution < 1.29 is 9.90 Å². The van der Waals surface area contributed by atoms with E-state index in [0.29, 0.717) is 5.92 Å². The summed E-state index contributed by atoms with van der Waals surface area (Å²) in [5, 5.41) is 10.7. The van der Waals surface area contributed by atoms with Gasteiger partial charge in [0.05, 0.1) is 5.41 Å². The van der Waals surface area contributed by atoms with Gasteiger partial charge in [-0.3, -0.25) is 4.79 Å². The van der Waals surface area contributed by atoms with Gasteiger partial charge < -0.3 is 5.11 Å². The summed E-state index contributed by atoms with van der Waals surface area (Å²) in [5.41, 5.74) is 3.21. The maximum Gasteiger partial charge on any atom is 0.309 e. The minimum atomic E-state index is -0.637. The predicted octanol–water partition coefficient (Wildman–Crippen LogP) is 5.56. The maximum atomic E-state index is 12.0. The van der Waals surface area contributed by atoms with E-state index < -0.39 is 11.4 Å². The normalized spacial score (nSPS) is 33.2. The third-order valence-corrected chi connectivity index (χ3v) is 6.91. The molecule has 1 fully saturated rings. The number of carbonyl (C=O) groups is 1. The van der Waals surface area contributed by atoms with Crippen molar-refractivity contribution in [2.24, 2.45) is 11.3 Å². The Kier molecular flexibility index (Phi) is 4.03. The Morgan fingerprint density at radius 2 is 2.00 bits per heavy atom. The highest BCUT2D eigenvalue weighted by molar-refractivity contribution is 6.31. The van der Waals surface area contributed by atoms with E-state index in [1.165, 1.54) is 16.7 Å². The first kappa shape index (κ1) is 16.8. The fourth-order valence-corrected chi connectivity index (χ4v) is 5.59. The third-order valence-electron chi connectivity index (χ3n) is 6.58. The molecule has 3 atom stereocenters. The first-order valence-corrected chi connectivity index (χ1v) is 9.14. The van der Waals surface area contributed by atoms with E-state index in [0.717, 1.165) is 37.1 Å². The summed E-state index contributed by atoms with van der Waals surface area (Å²) in [5.74, 6) is -0.0366. The molecule has 1 N–H and O–H groups in total. The molecule has 2 aliphatic carbocycles. The molecule has 3 heteroatoms. The van der Waals surface area contributed by atoms with E-state index in [1.807, 2.05) is 6.92 Å². The van der Waals surface area contributed by atoms with Gasteiger partial charge in [-0.1, -0.05) is 44.9 Å². The largest absolute Gasteiger partial charge is 0.481 e. The minimum Gasteiger partial charge on any atom is -0.481 e. The molecule has 2 aliphatic rings. The third kappa shape index (κ3) is 2.41. The van der Waals surface area contributed by atoms with E-state index in [-0.39, 0.29) is 11.3 Å². The molecule has 0 aromatic heterocycles. The zero-order valence-corrected chi connectivity index (χ0v) is 15.3. The number of aryl methyl sites for hydroxylation is 1. The van der Waals surface area contributed by atoms with Crippen LogP contribution in [0.4, 0.5) is 0 Å². The van der Waals surface area contributed by atoms with Crippen LogP contribution in [-0.2, 0) is 16.6 Å². The Balaban J connectivity index is 2.13. The van der Waals surface area contributed by atoms with Crippen LogP contribution in [0.2, 0.25) is 5.02 Å². The van der Waals surface area contributed by atoms with Gasteiger partial charge in [-0.05, 0) is 72.6 Å². The van der Waals surface area contributed by atoms with Crippen LogP contribution in [-0.4, -0.2) is 11.1 Å². The van der Waals surface area contributed by atoms with Crippen LogP contribution in [0.5, 0.6) is 0 Å². The molecular weight excluding hydrogens is 308 g/mol. The van der Waals surface area contributed by atoms with Gasteiger partial charge in [0.25, 0.3) is 0 Å². The molecule has 3 rings (SSSR count). The molecule has 0 bridgehead atoms. The molecule has 0 amide bonds. The number of hydrogen-bond donors (Lipinski definition) is 1. The zero-order chi connectivity index (χ0) is 17.0. The Hall–Kier alpha value is -1.02. The topological polar surface area (TPSA) is 37.3 Å². The van der Waals surface area contributed by atoms with Gasteiger partial charge in [0.15, 0.2) is 0 Å². The molecule has 1 saturated carbocycles. The smallest absolute Gasteiger partial charge is 0.309 e. The lowest BCUT2D eigenvalue weighted by Gasteiger charge is -2.53. The number of rotatable bonds is 2. The van der Waals surface area contributed by atoms with Crippen molar-refractivity contribution in [3.8, 4) is 0 Å².